The Kier molecular flexibility index (Phi) is 5.04. The molecule has 0 spiro atoms. The molecule has 0 aromatic heterocycles. The van der Waals surface area contributed by atoms with E-state index < -0.39 is 5.97 Å². The number of hydrazone groups is 1. The predicted octanol–water partition coefficient (Wildman–Crippen LogP) is 3.20. The second kappa shape index (κ2) is 7.58. The van der Waals surface area contributed by atoms with Crippen LogP contribution in [0.5, 0.6) is 5.75 Å². The molecule has 1 heterocycles. The van der Waals surface area contributed by atoms with E-state index in [-0.39, 0.29) is 18.1 Å². The van der Waals surface area contributed by atoms with Crippen LogP contribution in [0, 0.1) is 12.3 Å². The fourth-order valence-corrected chi connectivity index (χ4v) is 2.59. The molecule has 1 amide bonds. The number of rotatable bonds is 5. The third-order valence-corrected chi connectivity index (χ3v) is 3.91. The van der Waals surface area contributed by atoms with Gasteiger partial charge in [0.25, 0.3) is 5.91 Å². The molecule has 27 heavy (non-hydrogen) atoms. The average Bonchev–Trinajstić information content (AvgIpc) is 2.95. The molecule has 0 unspecified atom stereocenters. The number of aromatic carboxylic acids is 1. The van der Waals surface area contributed by atoms with E-state index in [1.54, 1.807) is 37.3 Å². The summed E-state index contributed by atoms with van der Waals surface area (Å²) in [7, 11) is 0. The summed E-state index contributed by atoms with van der Waals surface area (Å²) < 4.78 is 5.40. The van der Waals surface area contributed by atoms with Gasteiger partial charge in [-0.25, -0.2) is 4.79 Å². The van der Waals surface area contributed by atoms with Gasteiger partial charge in [0.1, 0.15) is 12.4 Å². The van der Waals surface area contributed by atoms with Gasteiger partial charge in [-0.05, 0) is 55.0 Å². The van der Waals surface area contributed by atoms with Crippen LogP contribution in [0.15, 0.2) is 59.2 Å². The average molecular weight is 360 g/mol. The molecule has 2 aromatic carbocycles. The smallest absolute Gasteiger partial charge is 0.335 e. The number of nitrogens with zero attached hydrogens (tertiary/aromatic N) is 2. The Balaban J connectivity index is 1.86. The number of hydrogen-bond acceptors (Lipinski definition) is 4. The summed E-state index contributed by atoms with van der Waals surface area (Å²) in [6.07, 6.45) is 6.93. The highest BCUT2D eigenvalue weighted by Gasteiger charge is 2.28. The van der Waals surface area contributed by atoms with Crippen molar-refractivity contribution in [3.05, 3.63) is 65.2 Å². The molecule has 1 aliphatic rings. The molecule has 0 radical (unpaired) electrons. The number of carboxylic acids is 1. The summed E-state index contributed by atoms with van der Waals surface area (Å²) in [5, 5.41) is 14.5. The number of carbonyl (C=O) groups excluding carboxylic acids is 1. The van der Waals surface area contributed by atoms with Gasteiger partial charge < -0.3 is 9.84 Å². The number of amides is 1. The quantitative estimate of drug-likeness (QED) is 0.656. The number of hydrogen-bond donors (Lipinski definition) is 1. The van der Waals surface area contributed by atoms with Gasteiger partial charge in [-0.2, -0.15) is 10.1 Å². The minimum atomic E-state index is -1.03. The van der Waals surface area contributed by atoms with Crippen LogP contribution in [0.4, 0.5) is 5.69 Å². The first-order valence-corrected chi connectivity index (χ1v) is 8.11. The van der Waals surface area contributed by atoms with E-state index in [9.17, 15) is 9.59 Å². The maximum Gasteiger partial charge on any atom is 0.335 e. The van der Waals surface area contributed by atoms with Gasteiger partial charge in [0, 0.05) is 0 Å². The SMILES string of the molecule is C#CCOc1cccc(C=C2C(=O)N(c3ccc(C(=O)O)cc3)N=C2C)c1. The zero-order chi connectivity index (χ0) is 19.4. The molecule has 0 saturated heterocycles. The van der Waals surface area contributed by atoms with E-state index in [0.29, 0.717) is 22.7 Å². The Labute approximate surface area is 156 Å². The van der Waals surface area contributed by atoms with Crippen molar-refractivity contribution in [2.75, 3.05) is 11.6 Å². The lowest BCUT2D eigenvalue weighted by Crippen LogP contribution is -2.21. The minimum absolute atomic E-state index is 0.144. The first-order chi connectivity index (χ1) is 13.0. The summed E-state index contributed by atoms with van der Waals surface area (Å²) in [6, 6.07) is 13.2. The molecule has 2 aromatic rings. The van der Waals surface area contributed by atoms with Crippen molar-refractivity contribution in [3.8, 4) is 18.1 Å². The van der Waals surface area contributed by atoms with Crippen molar-refractivity contribution in [1.29, 1.82) is 0 Å². The number of benzene rings is 2. The highest BCUT2D eigenvalue weighted by molar-refractivity contribution is 6.32. The number of anilines is 1. The first kappa shape index (κ1) is 18.0. The summed E-state index contributed by atoms with van der Waals surface area (Å²) in [5.74, 6) is 1.70. The first-order valence-electron chi connectivity index (χ1n) is 8.11. The number of ether oxygens (including phenoxy) is 1. The van der Waals surface area contributed by atoms with E-state index in [2.05, 4.69) is 11.0 Å². The van der Waals surface area contributed by atoms with Crippen LogP contribution in [-0.2, 0) is 4.79 Å². The highest BCUT2D eigenvalue weighted by Crippen LogP contribution is 2.26. The Bertz CT molecular complexity index is 998. The molecule has 1 aliphatic heterocycles. The molecule has 134 valence electrons. The summed E-state index contributed by atoms with van der Waals surface area (Å²) in [5.41, 5.74) is 2.44. The van der Waals surface area contributed by atoms with E-state index >= 15 is 0 Å². The van der Waals surface area contributed by atoms with Crippen molar-refractivity contribution >= 4 is 29.4 Å². The molecule has 6 heteroatoms. The van der Waals surface area contributed by atoms with E-state index in [0.717, 1.165) is 5.56 Å². The van der Waals surface area contributed by atoms with Gasteiger partial charge in [-0.3, -0.25) is 4.79 Å². The lowest BCUT2D eigenvalue weighted by Gasteiger charge is -2.11. The zero-order valence-electron chi connectivity index (χ0n) is 14.5. The van der Waals surface area contributed by atoms with Crippen molar-refractivity contribution in [2.45, 2.75) is 6.92 Å². The van der Waals surface area contributed by atoms with E-state index in [1.165, 1.54) is 17.1 Å². The topological polar surface area (TPSA) is 79.2 Å². The molecule has 0 bridgehead atoms. The third kappa shape index (κ3) is 3.88. The Hall–Kier alpha value is -3.85. The van der Waals surface area contributed by atoms with Crippen LogP contribution in [-0.4, -0.2) is 29.3 Å². The van der Waals surface area contributed by atoms with Crippen molar-refractivity contribution in [1.82, 2.24) is 0 Å². The maximum atomic E-state index is 12.8. The Morgan fingerprint density at radius 1 is 1.30 bits per heavy atom. The van der Waals surface area contributed by atoms with Crippen LogP contribution >= 0.6 is 0 Å². The van der Waals surface area contributed by atoms with Crippen molar-refractivity contribution < 1.29 is 19.4 Å². The molecule has 6 nitrogen and oxygen atoms in total. The molecule has 0 atom stereocenters. The molecule has 0 aliphatic carbocycles. The number of carbonyl (C=O) groups is 2. The third-order valence-electron chi connectivity index (χ3n) is 3.91. The number of carboxylic acid groups (broad SMARTS) is 1. The highest BCUT2D eigenvalue weighted by atomic mass is 16.5. The van der Waals surface area contributed by atoms with Gasteiger partial charge in [0.15, 0.2) is 0 Å². The van der Waals surface area contributed by atoms with Crippen LogP contribution in [0.1, 0.15) is 22.8 Å². The summed E-state index contributed by atoms with van der Waals surface area (Å²) >= 11 is 0. The van der Waals surface area contributed by atoms with Crippen molar-refractivity contribution in [3.63, 3.8) is 0 Å². The predicted molar refractivity (Wildman–Crippen MR) is 103 cm³/mol. The second-order valence-electron chi connectivity index (χ2n) is 5.78. The molecule has 0 saturated carbocycles. The molecular weight excluding hydrogens is 344 g/mol. The van der Waals surface area contributed by atoms with Crippen LogP contribution in [0.2, 0.25) is 0 Å². The van der Waals surface area contributed by atoms with Gasteiger partial charge in [-0.15, -0.1) is 6.42 Å². The largest absolute Gasteiger partial charge is 0.481 e. The Morgan fingerprint density at radius 2 is 2.04 bits per heavy atom. The second-order valence-corrected chi connectivity index (χ2v) is 5.78. The Morgan fingerprint density at radius 3 is 2.70 bits per heavy atom. The normalized spacial score (nSPS) is 14.8. The fourth-order valence-electron chi connectivity index (χ4n) is 2.59. The number of terminal acetylenes is 1. The molecule has 0 fully saturated rings. The minimum Gasteiger partial charge on any atom is -0.481 e. The zero-order valence-corrected chi connectivity index (χ0v) is 14.5. The van der Waals surface area contributed by atoms with Crippen LogP contribution in [0.3, 0.4) is 0 Å². The maximum absolute atomic E-state index is 12.8. The summed E-state index contributed by atoms with van der Waals surface area (Å²) in [4.78, 5) is 23.7. The monoisotopic (exact) mass is 360 g/mol. The van der Waals surface area contributed by atoms with Crippen LogP contribution in [0.25, 0.3) is 6.08 Å². The lowest BCUT2D eigenvalue weighted by atomic mass is 10.1. The fraction of sp³-hybridized carbons (Fsp3) is 0.0952. The van der Waals surface area contributed by atoms with Gasteiger partial charge >= 0.3 is 5.97 Å². The van der Waals surface area contributed by atoms with Crippen LogP contribution < -0.4 is 9.75 Å². The van der Waals surface area contributed by atoms with E-state index in [4.69, 9.17) is 16.3 Å². The van der Waals surface area contributed by atoms with E-state index in [1.807, 2.05) is 12.1 Å². The van der Waals surface area contributed by atoms with Gasteiger partial charge in [0.05, 0.1) is 22.5 Å². The molecule has 3 rings (SSSR count). The molecular formula is C21H16N2O4. The molecule has 1 N–H and O–H groups in total. The van der Waals surface area contributed by atoms with Crippen molar-refractivity contribution in [2.24, 2.45) is 5.10 Å². The summed E-state index contributed by atoms with van der Waals surface area (Å²) in [6.45, 7) is 1.91. The lowest BCUT2D eigenvalue weighted by molar-refractivity contribution is -0.114. The van der Waals surface area contributed by atoms with Gasteiger partial charge in [-0.1, -0.05) is 18.1 Å². The van der Waals surface area contributed by atoms with Gasteiger partial charge in [0.2, 0.25) is 0 Å². The standard InChI is InChI=1S/C21H16N2O4/c1-3-11-27-18-6-4-5-15(12-18)13-19-14(2)22-23(20(19)24)17-9-7-16(8-10-17)21(25)26/h1,4-10,12-13H,11H2,2H3,(H,25,26).